The number of azide groups is 1. The molecule has 0 amide bonds. The average molecular weight is 238 g/mol. The molecule has 90 valence electrons. The van der Waals surface area contributed by atoms with Gasteiger partial charge in [-0.25, -0.2) is 8.78 Å². The molecule has 17 heavy (non-hydrogen) atoms. The van der Waals surface area contributed by atoms with E-state index in [4.69, 9.17) is 5.53 Å². The van der Waals surface area contributed by atoms with Crippen LogP contribution in [0.1, 0.15) is 5.56 Å². The Labute approximate surface area is 97.5 Å². The van der Waals surface area contributed by atoms with Crippen LogP contribution in [0.2, 0.25) is 0 Å². The molecule has 0 bridgehead atoms. The summed E-state index contributed by atoms with van der Waals surface area (Å²) in [6.45, 7) is 0.200. The van der Waals surface area contributed by atoms with Crippen LogP contribution in [0.5, 0.6) is 0 Å². The number of nitrogens with zero attached hydrogens (tertiary/aromatic N) is 4. The van der Waals surface area contributed by atoms with E-state index in [-0.39, 0.29) is 13.1 Å². The zero-order valence-corrected chi connectivity index (χ0v) is 9.13. The summed E-state index contributed by atoms with van der Waals surface area (Å²) in [5.74, 6) is -2.93. The maximum atomic E-state index is 13.4. The Kier molecular flexibility index (Phi) is 3.26. The van der Waals surface area contributed by atoms with Gasteiger partial charge in [0.1, 0.15) is 6.04 Å². The Morgan fingerprint density at radius 3 is 2.76 bits per heavy atom. The van der Waals surface area contributed by atoms with Crippen LogP contribution in [0.25, 0.3) is 10.4 Å². The summed E-state index contributed by atoms with van der Waals surface area (Å²) in [6.07, 6.45) is 0. The molecule has 0 saturated carbocycles. The van der Waals surface area contributed by atoms with Gasteiger partial charge < -0.3 is 0 Å². The lowest BCUT2D eigenvalue weighted by Gasteiger charge is -2.15. The number of rotatable bonds is 3. The van der Waals surface area contributed by atoms with E-state index in [1.165, 1.54) is 0 Å². The first-order valence-corrected chi connectivity index (χ1v) is 5.30. The van der Waals surface area contributed by atoms with E-state index < -0.39 is 12.0 Å². The summed E-state index contributed by atoms with van der Waals surface area (Å²) < 4.78 is 26.9. The maximum Gasteiger partial charge on any atom is 0.270 e. The quantitative estimate of drug-likeness (QED) is 0.454. The molecule has 0 aliphatic carbocycles. The molecule has 1 aliphatic heterocycles. The Bertz CT molecular complexity index is 428. The molecule has 1 aromatic rings. The van der Waals surface area contributed by atoms with Crippen molar-refractivity contribution in [2.75, 3.05) is 13.1 Å². The van der Waals surface area contributed by atoms with Gasteiger partial charge in [-0.05, 0) is 11.1 Å². The van der Waals surface area contributed by atoms with Gasteiger partial charge in [-0.2, -0.15) is 0 Å². The second-order valence-electron chi connectivity index (χ2n) is 4.14. The zero-order valence-electron chi connectivity index (χ0n) is 9.13. The first kappa shape index (κ1) is 11.8. The van der Waals surface area contributed by atoms with Crippen molar-refractivity contribution in [3.63, 3.8) is 0 Å². The third-order valence-corrected chi connectivity index (χ3v) is 2.79. The fourth-order valence-electron chi connectivity index (χ4n) is 1.99. The SMILES string of the molecule is [N-]=[N+]=NC1CN(Cc2ccccc2)CC1(F)F. The maximum absolute atomic E-state index is 13.4. The first-order chi connectivity index (χ1) is 8.12. The summed E-state index contributed by atoms with van der Waals surface area (Å²) in [5.41, 5.74) is 9.22. The normalized spacial score (nSPS) is 23.3. The molecule has 0 spiro atoms. The summed E-state index contributed by atoms with van der Waals surface area (Å²) in [6, 6.07) is 8.14. The first-order valence-electron chi connectivity index (χ1n) is 5.30. The molecule has 1 fully saturated rings. The van der Waals surface area contributed by atoms with E-state index in [0.29, 0.717) is 6.54 Å². The van der Waals surface area contributed by atoms with Crippen molar-refractivity contribution < 1.29 is 8.78 Å². The molecule has 0 N–H and O–H groups in total. The van der Waals surface area contributed by atoms with Gasteiger partial charge in [0.05, 0.1) is 6.54 Å². The second-order valence-corrected chi connectivity index (χ2v) is 4.14. The predicted octanol–water partition coefficient (Wildman–Crippen LogP) is 2.82. The highest BCUT2D eigenvalue weighted by Crippen LogP contribution is 2.30. The van der Waals surface area contributed by atoms with Gasteiger partial charge in [0.15, 0.2) is 0 Å². The van der Waals surface area contributed by atoms with Crippen molar-refractivity contribution in [1.29, 1.82) is 0 Å². The minimum absolute atomic E-state index is 0.103. The summed E-state index contributed by atoms with van der Waals surface area (Å²) in [4.78, 5) is 4.08. The van der Waals surface area contributed by atoms with E-state index in [0.717, 1.165) is 5.56 Å². The van der Waals surface area contributed by atoms with Crippen LogP contribution in [0, 0.1) is 0 Å². The van der Waals surface area contributed by atoms with Gasteiger partial charge in [0, 0.05) is 18.0 Å². The summed E-state index contributed by atoms with van der Waals surface area (Å²) in [7, 11) is 0. The molecule has 1 heterocycles. The molecular formula is C11H12F2N4. The van der Waals surface area contributed by atoms with E-state index >= 15 is 0 Å². The smallest absolute Gasteiger partial charge is 0.270 e. The highest BCUT2D eigenvalue weighted by atomic mass is 19.3. The van der Waals surface area contributed by atoms with Crippen LogP contribution >= 0.6 is 0 Å². The average Bonchev–Trinajstić information content (AvgIpc) is 2.55. The van der Waals surface area contributed by atoms with E-state index in [9.17, 15) is 8.78 Å². The minimum Gasteiger partial charge on any atom is -0.293 e. The van der Waals surface area contributed by atoms with Crippen molar-refractivity contribution in [1.82, 2.24) is 4.90 Å². The van der Waals surface area contributed by atoms with Crippen LogP contribution in [-0.2, 0) is 6.54 Å². The number of halogens is 2. The minimum atomic E-state index is -2.93. The number of benzene rings is 1. The second kappa shape index (κ2) is 4.69. The Morgan fingerprint density at radius 1 is 1.41 bits per heavy atom. The number of likely N-dealkylation sites (tertiary alicyclic amines) is 1. The summed E-state index contributed by atoms with van der Waals surface area (Å²) >= 11 is 0. The third kappa shape index (κ3) is 2.72. The molecule has 1 unspecified atom stereocenters. The Balaban J connectivity index is 2.04. The van der Waals surface area contributed by atoms with Gasteiger partial charge in [0.2, 0.25) is 0 Å². The van der Waals surface area contributed by atoms with Crippen LogP contribution in [0.4, 0.5) is 8.78 Å². The molecule has 2 rings (SSSR count). The molecule has 0 radical (unpaired) electrons. The fraction of sp³-hybridized carbons (Fsp3) is 0.455. The lowest BCUT2D eigenvalue weighted by molar-refractivity contribution is -0.00123. The van der Waals surface area contributed by atoms with Crippen molar-refractivity contribution >= 4 is 0 Å². The van der Waals surface area contributed by atoms with Gasteiger partial charge in [0.25, 0.3) is 5.92 Å². The number of hydrogen-bond acceptors (Lipinski definition) is 2. The van der Waals surface area contributed by atoms with E-state index in [1.54, 1.807) is 4.90 Å². The monoisotopic (exact) mass is 238 g/mol. The number of hydrogen-bond donors (Lipinski definition) is 0. The molecular weight excluding hydrogens is 226 g/mol. The molecule has 1 saturated heterocycles. The Hall–Kier alpha value is -1.65. The van der Waals surface area contributed by atoms with Crippen LogP contribution in [0.15, 0.2) is 35.4 Å². The van der Waals surface area contributed by atoms with E-state index in [2.05, 4.69) is 10.0 Å². The van der Waals surface area contributed by atoms with Crippen LogP contribution in [0.3, 0.4) is 0 Å². The Morgan fingerprint density at radius 2 is 2.12 bits per heavy atom. The highest BCUT2D eigenvalue weighted by Gasteiger charge is 2.47. The standard InChI is InChI=1S/C11H12F2N4/c12-11(13)8-17(7-10(11)15-16-14)6-9-4-2-1-3-5-9/h1-5,10H,6-8H2. The molecule has 1 aliphatic rings. The largest absolute Gasteiger partial charge is 0.293 e. The van der Waals surface area contributed by atoms with Gasteiger partial charge in [-0.15, -0.1) is 0 Å². The fourth-order valence-corrected chi connectivity index (χ4v) is 1.99. The van der Waals surface area contributed by atoms with Crippen LogP contribution < -0.4 is 0 Å². The highest BCUT2D eigenvalue weighted by molar-refractivity contribution is 5.15. The lowest BCUT2D eigenvalue weighted by Crippen LogP contribution is -2.29. The molecule has 0 aromatic heterocycles. The lowest BCUT2D eigenvalue weighted by atomic mass is 10.2. The predicted molar refractivity (Wildman–Crippen MR) is 59.6 cm³/mol. The van der Waals surface area contributed by atoms with Crippen molar-refractivity contribution in [3.05, 3.63) is 46.3 Å². The van der Waals surface area contributed by atoms with E-state index in [1.807, 2.05) is 30.3 Å². The molecule has 4 nitrogen and oxygen atoms in total. The van der Waals surface area contributed by atoms with Crippen molar-refractivity contribution in [3.8, 4) is 0 Å². The third-order valence-electron chi connectivity index (χ3n) is 2.79. The topological polar surface area (TPSA) is 52.0 Å². The molecule has 1 aromatic carbocycles. The molecule has 1 atom stereocenters. The van der Waals surface area contributed by atoms with Crippen molar-refractivity contribution in [2.45, 2.75) is 18.5 Å². The van der Waals surface area contributed by atoms with Gasteiger partial charge >= 0.3 is 0 Å². The van der Waals surface area contributed by atoms with Crippen LogP contribution in [-0.4, -0.2) is 30.0 Å². The van der Waals surface area contributed by atoms with Gasteiger partial charge in [-0.3, -0.25) is 4.90 Å². The van der Waals surface area contributed by atoms with Gasteiger partial charge in [-0.1, -0.05) is 35.4 Å². The summed E-state index contributed by atoms with van der Waals surface area (Å²) in [5, 5.41) is 3.16. The molecule has 6 heteroatoms. The van der Waals surface area contributed by atoms with Crippen molar-refractivity contribution in [2.24, 2.45) is 5.11 Å². The number of alkyl halides is 2. The zero-order chi connectivity index (χ0) is 12.3.